The fourth-order valence-electron chi connectivity index (χ4n) is 1.89. The molecule has 2 N–H and O–H groups in total. The summed E-state index contributed by atoms with van der Waals surface area (Å²) in [5.41, 5.74) is 1.58. The predicted octanol–water partition coefficient (Wildman–Crippen LogP) is 0.884. The highest BCUT2D eigenvalue weighted by Crippen LogP contribution is 2.17. The number of rotatable bonds is 6. The summed E-state index contributed by atoms with van der Waals surface area (Å²) in [5, 5.41) is 6.61. The predicted molar refractivity (Wildman–Crippen MR) is 77.0 cm³/mol. The van der Waals surface area contributed by atoms with Gasteiger partial charge in [-0.3, -0.25) is 0 Å². The van der Waals surface area contributed by atoms with Gasteiger partial charge in [0.15, 0.2) is 5.82 Å². The summed E-state index contributed by atoms with van der Waals surface area (Å²) in [6.07, 6.45) is 0. The largest absolute Gasteiger partial charge is 0.338 e. The molecule has 0 aliphatic rings. The first-order valence-electron chi connectivity index (χ1n) is 6.45. The van der Waals surface area contributed by atoms with Gasteiger partial charge in [-0.25, -0.2) is 13.1 Å². The zero-order valence-corrected chi connectivity index (χ0v) is 13.0. The summed E-state index contributed by atoms with van der Waals surface area (Å²) < 4.78 is 32.1. The summed E-state index contributed by atoms with van der Waals surface area (Å²) in [6, 6.07) is 5.34. The molecule has 0 unspecified atom stereocenters. The number of aromatic nitrogens is 2. The van der Waals surface area contributed by atoms with Crippen molar-refractivity contribution >= 4 is 10.0 Å². The highest BCUT2D eigenvalue weighted by atomic mass is 32.2. The second kappa shape index (κ2) is 6.33. The first-order chi connectivity index (χ1) is 9.92. The zero-order chi connectivity index (χ0) is 15.5. The van der Waals surface area contributed by atoms with Gasteiger partial charge >= 0.3 is 0 Å². The molecule has 0 aliphatic carbocycles. The Morgan fingerprint density at radius 2 is 2.00 bits per heavy atom. The Labute approximate surface area is 123 Å². The Morgan fingerprint density at radius 1 is 1.24 bits per heavy atom. The van der Waals surface area contributed by atoms with Gasteiger partial charge in [-0.1, -0.05) is 17.3 Å². The minimum atomic E-state index is -3.63. The highest BCUT2D eigenvalue weighted by molar-refractivity contribution is 7.89. The SMILES string of the molecule is CNCc1ccc(C)c(S(=O)(=O)NCc2nc(C)no2)c1. The van der Waals surface area contributed by atoms with Crippen molar-refractivity contribution in [1.82, 2.24) is 20.2 Å². The van der Waals surface area contributed by atoms with Crippen LogP contribution in [0, 0.1) is 13.8 Å². The van der Waals surface area contributed by atoms with Gasteiger partial charge in [-0.2, -0.15) is 4.98 Å². The minimum Gasteiger partial charge on any atom is -0.338 e. The van der Waals surface area contributed by atoms with Crippen molar-refractivity contribution in [3.05, 3.63) is 41.0 Å². The van der Waals surface area contributed by atoms with Crippen LogP contribution in [0.15, 0.2) is 27.6 Å². The Hall–Kier alpha value is -1.77. The number of nitrogens with zero attached hydrogens (tertiary/aromatic N) is 2. The van der Waals surface area contributed by atoms with Crippen LogP contribution in [-0.4, -0.2) is 25.6 Å². The molecule has 1 aromatic heterocycles. The van der Waals surface area contributed by atoms with Crippen LogP contribution in [0.5, 0.6) is 0 Å². The Kier molecular flexibility index (Phi) is 4.71. The summed E-state index contributed by atoms with van der Waals surface area (Å²) in [4.78, 5) is 4.22. The van der Waals surface area contributed by atoms with Gasteiger partial charge < -0.3 is 9.84 Å². The van der Waals surface area contributed by atoms with Gasteiger partial charge in [0.1, 0.15) is 0 Å². The number of aryl methyl sites for hydroxylation is 2. The van der Waals surface area contributed by atoms with Gasteiger partial charge in [0.05, 0.1) is 11.4 Å². The smallest absolute Gasteiger partial charge is 0.241 e. The molecule has 0 amide bonds. The van der Waals surface area contributed by atoms with Crippen LogP contribution in [0.1, 0.15) is 22.8 Å². The number of sulfonamides is 1. The summed E-state index contributed by atoms with van der Waals surface area (Å²) >= 11 is 0. The van der Waals surface area contributed by atoms with Crippen LogP contribution in [0.25, 0.3) is 0 Å². The fourth-order valence-corrected chi connectivity index (χ4v) is 3.16. The second-order valence-corrected chi connectivity index (χ2v) is 6.43. The topological polar surface area (TPSA) is 97.1 Å². The van der Waals surface area contributed by atoms with E-state index in [4.69, 9.17) is 4.52 Å². The molecule has 0 saturated heterocycles. The molecule has 0 bridgehead atoms. The van der Waals surface area contributed by atoms with E-state index in [0.717, 1.165) is 5.56 Å². The number of hydrogen-bond acceptors (Lipinski definition) is 6. The van der Waals surface area contributed by atoms with Crippen molar-refractivity contribution in [3.8, 4) is 0 Å². The Balaban J connectivity index is 2.20. The second-order valence-electron chi connectivity index (χ2n) is 4.69. The molecule has 0 radical (unpaired) electrons. The van der Waals surface area contributed by atoms with Crippen molar-refractivity contribution < 1.29 is 12.9 Å². The van der Waals surface area contributed by atoms with Crippen molar-refractivity contribution in [3.63, 3.8) is 0 Å². The molecular weight excluding hydrogens is 292 g/mol. The van der Waals surface area contributed by atoms with E-state index in [1.165, 1.54) is 0 Å². The maximum atomic E-state index is 12.4. The summed E-state index contributed by atoms with van der Waals surface area (Å²) in [5.74, 6) is 0.705. The van der Waals surface area contributed by atoms with E-state index in [1.54, 1.807) is 26.0 Å². The lowest BCUT2D eigenvalue weighted by Gasteiger charge is -2.10. The van der Waals surface area contributed by atoms with E-state index in [9.17, 15) is 8.42 Å². The van der Waals surface area contributed by atoms with Crippen LogP contribution < -0.4 is 10.0 Å². The van der Waals surface area contributed by atoms with Gasteiger partial charge in [-0.15, -0.1) is 0 Å². The third-order valence-electron chi connectivity index (χ3n) is 2.91. The van der Waals surface area contributed by atoms with E-state index < -0.39 is 10.0 Å². The molecule has 114 valence electrons. The van der Waals surface area contributed by atoms with Gasteiger partial charge in [0.2, 0.25) is 15.9 Å². The van der Waals surface area contributed by atoms with Crippen molar-refractivity contribution in [2.75, 3.05) is 7.05 Å². The normalized spacial score (nSPS) is 11.8. The zero-order valence-electron chi connectivity index (χ0n) is 12.2. The molecular formula is C13H18N4O3S. The molecule has 8 heteroatoms. The third-order valence-corrected chi connectivity index (χ3v) is 4.45. The van der Waals surface area contributed by atoms with Crippen LogP contribution in [-0.2, 0) is 23.1 Å². The van der Waals surface area contributed by atoms with Gasteiger partial charge in [-0.05, 0) is 38.1 Å². The first-order valence-corrected chi connectivity index (χ1v) is 7.93. The maximum Gasteiger partial charge on any atom is 0.241 e. The van der Waals surface area contributed by atoms with Crippen LogP contribution >= 0.6 is 0 Å². The van der Waals surface area contributed by atoms with E-state index in [-0.39, 0.29) is 17.3 Å². The molecule has 7 nitrogen and oxygen atoms in total. The molecule has 1 aromatic carbocycles. The Morgan fingerprint density at radius 3 is 2.62 bits per heavy atom. The van der Waals surface area contributed by atoms with E-state index in [1.807, 2.05) is 13.1 Å². The van der Waals surface area contributed by atoms with Gasteiger partial charge in [0.25, 0.3) is 0 Å². The van der Waals surface area contributed by atoms with Crippen LogP contribution in [0.2, 0.25) is 0 Å². The lowest BCUT2D eigenvalue weighted by atomic mass is 10.1. The standard InChI is InChI=1S/C13H18N4O3S/c1-9-4-5-11(7-14-3)6-12(9)21(18,19)15-8-13-16-10(2)17-20-13/h4-6,14-15H,7-8H2,1-3H3. The highest BCUT2D eigenvalue weighted by Gasteiger charge is 2.18. The first kappa shape index (κ1) is 15.6. The maximum absolute atomic E-state index is 12.4. The average molecular weight is 310 g/mol. The van der Waals surface area contributed by atoms with Crippen LogP contribution in [0.3, 0.4) is 0 Å². The number of nitrogens with one attached hydrogen (secondary N) is 2. The lowest BCUT2D eigenvalue weighted by molar-refractivity contribution is 0.372. The van der Waals surface area contributed by atoms with E-state index in [0.29, 0.717) is 17.9 Å². The minimum absolute atomic E-state index is 0.0289. The molecule has 2 aromatic rings. The van der Waals surface area contributed by atoms with Crippen molar-refractivity contribution in [2.45, 2.75) is 31.8 Å². The molecule has 21 heavy (non-hydrogen) atoms. The fraction of sp³-hybridized carbons (Fsp3) is 0.385. The number of hydrogen-bond donors (Lipinski definition) is 2. The molecule has 2 rings (SSSR count). The molecule has 0 spiro atoms. The molecule has 1 heterocycles. The van der Waals surface area contributed by atoms with E-state index in [2.05, 4.69) is 20.2 Å². The third kappa shape index (κ3) is 3.87. The summed E-state index contributed by atoms with van der Waals surface area (Å²) in [7, 11) is -1.82. The monoisotopic (exact) mass is 310 g/mol. The summed E-state index contributed by atoms with van der Waals surface area (Å²) in [6.45, 7) is 4.01. The van der Waals surface area contributed by atoms with E-state index >= 15 is 0 Å². The molecule has 0 fully saturated rings. The molecule has 0 aliphatic heterocycles. The quantitative estimate of drug-likeness (QED) is 0.822. The van der Waals surface area contributed by atoms with Crippen LogP contribution in [0.4, 0.5) is 0 Å². The number of benzene rings is 1. The lowest BCUT2D eigenvalue weighted by Crippen LogP contribution is -2.24. The average Bonchev–Trinajstić information content (AvgIpc) is 2.85. The molecule has 0 saturated carbocycles. The molecule has 0 atom stereocenters. The van der Waals surface area contributed by atoms with Crippen molar-refractivity contribution in [1.29, 1.82) is 0 Å². The Bertz CT molecular complexity index is 725. The van der Waals surface area contributed by atoms with Crippen molar-refractivity contribution in [2.24, 2.45) is 0 Å². The van der Waals surface area contributed by atoms with Gasteiger partial charge in [0, 0.05) is 6.54 Å².